The molecule has 2 rings (SSSR count). The highest BCUT2D eigenvalue weighted by molar-refractivity contribution is 5.77. The van der Waals surface area contributed by atoms with Gasteiger partial charge in [-0.1, -0.05) is 18.2 Å². The average molecular weight is 220 g/mol. The first-order chi connectivity index (χ1) is 7.76. The normalized spacial score (nSPS) is 19.8. The van der Waals surface area contributed by atoms with Crippen molar-refractivity contribution in [3.05, 3.63) is 29.8 Å². The van der Waals surface area contributed by atoms with Crippen LogP contribution < -0.4 is 10.1 Å². The molecule has 0 aliphatic carbocycles. The zero-order valence-electron chi connectivity index (χ0n) is 9.56. The van der Waals surface area contributed by atoms with E-state index in [-0.39, 0.29) is 12.1 Å². The molecule has 0 spiro atoms. The molecule has 1 unspecified atom stereocenters. The van der Waals surface area contributed by atoms with Crippen molar-refractivity contribution in [3.8, 4) is 5.75 Å². The van der Waals surface area contributed by atoms with Gasteiger partial charge >= 0.3 is 6.03 Å². The largest absolute Gasteiger partial charge is 0.496 e. The number of urea groups is 1. The van der Waals surface area contributed by atoms with Crippen LogP contribution in [-0.4, -0.2) is 31.1 Å². The lowest BCUT2D eigenvalue weighted by Gasteiger charge is -2.14. The Bertz CT molecular complexity index is 392. The Labute approximate surface area is 95.2 Å². The van der Waals surface area contributed by atoms with Gasteiger partial charge < -0.3 is 15.0 Å². The lowest BCUT2D eigenvalue weighted by Crippen LogP contribution is -2.27. The predicted molar refractivity (Wildman–Crippen MR) is 61.5 cm³/mol. The van der Waals surface area contributed by atoms with Crippen LogP contribution in [0.25, 0.3) is 0 Å². The second-order valence-electron chi connectivity index (χ2n) is 3.78. The first-order valence-electron chi connectivity index (χ1n) is 5.44. The Morgan fingerprint density at radius 1 is 1.50 bits per heavy atom. The van der Waals surface area contributed by atoms with Crippen molar-refractivity contribution in [3.63, 3.8) is 0 Å². The smallest absolute Gasteiger partial charge is 0.318 e. The van der Waals surface area contributed by atoms with Crippen molar-refractivity contribution in [2.24, 2.45) is 0 Å². The predicted octanol–water partition coefficient (Wildman–Crippen LogP) is 1.78. The van der Waals surface area contributed by atoms with Crippen molar-refractivity contribution in [1.29, 1.82) is 0 Å². The number of ether oxygens (including phenoxy) is 1. The van der Waals surface area contributed by atoms with Gasteiger partial charge in [0.25, 0.3) is 0 Å². The van der Waals surface area contributed by atoms with Crippen molar-refractivity contribution < 1.29 is 9.53 Å². The van der Waals surface area contributed by atoms with Crippen molar-refractivity contribution in [2.45, 2.75) is 13.0 Å². The summed E-state index contributed by atoms with van der Waals surface area (Å²) in [6.07, 6.45) is 0. The fourth-order valence-electron chi connectivity index (χ4n) is 1.99. The van der Waals surface area contributed by atoms with Crippen LogP contribution >= 0.6 is 0 Å². The zero-order chi connectivity index (χ0) is 11.5. The number of carbonyl (C=O) groups is 1. The van der Waals surface area contributed by atoms with Gasteiger partial charge in [-0.15, -0.1) is 0 Å². The number of likely N-dealkylation sites (N-methyl/N-ethyl adjacent to an activating group) is 1. The molecule has 16 heavy (non-hydrogen) atoms. The minimum Gasteiger partial charge on any atom is -0.496 e. The van der Waals surface area contributed by atoms with Gasteiger partial charge in [-0.3, -0.25) is 0 Å². The molecule has 0 bridgehead atoms. The summed E-state index contributed by atoms with van der Waals surface area (Å²) in [6, 6.07) is 7.82. The van der Waals surface area contributed by atoms with Crippen LogP contribution in [0.2, 0.25) is 0 Å². The zero-order valence-corrected chi connectivity index (χ0v) is 9.56. The third-order valence-electron chi connectivity index (χ3n) is 2.88. The number of para-hydroxylation sites is 1. The Morgan fingerprint density at radius 3 is 2.88 bits per heavy atom. The molecule has 1 saturated heterocycles. The van der Waals surface area contributed by atoms with E-state index in [0.29, 0.717) is 6.54 Å². The highest BCUT2D eigenvalue weighted by Crippen LogP contribution is 2.28. The summed E-state index contributed by atoms with van der Waals surface area (Å²) in [6.45, 7) is 3.41. The molecule has 0 radical (unpaired) electrons. The SMILES string of the molecule is CCN1CC(c2ccccc2OC)NC1=O. The summed E-state index contributed by atoms with van der Waals surface area (Å²) >= 11 is 0. The Morgan fingerprint density at radius 2 is 2.25 bits per heavy atom. The lowest BCUT2D eigenvalue weighted by atomic mass is 10.1. The summed E-state index contributed by atoms with van der Waals surface area (Å²) in [5.41, 5.74) is 1.04. The fourth-order valence-corrected chi connectivity index (χ4v) is 1.99. The molecule has 1 fully saturated rings. The molecule has 1 N–H and O–H groups in total. The van der Waals surface area contributed by atoms with Gasteiger partial charge in [-0.25, -0.2) is 4.79 Å². The number of hydrogen-bond donors (Lipinski definition) is 1. The Balaban J connectivity index is 2.23. The summed E-state index contributed by atoms with van der Waals surface area (Å²) in [7, 11) is 1.65. The maximum Gasteiger partial charge on any atom is 0.318 e. The van der Waals surface area contributed by atoms with Gasteiger partial charge in [0, 0.05) is 18.7 Å². The minimum atomic E-state index is -0.00148. The van der Waals surface area contributed by atoms with Crippen LogP contribution in [0.5, 0.6) is 5.75 Å². The van der Waals surface area contributed by atoms with E-state index in [9.17, 15) is 4.79 Å². The molecule has 1 atom stereocenters. The van der Waals surface area contributed by atoms with Crippen LogP contribution in [0.1, 0.15) is 18.5 Å². The topological polar surface area (TPSA) is 41.6 Å². The van der Waals surface area contributed by atoms with E-state index >= 15 is 0 Å². The number of nitrogens with zero attached hydrogens (tertiary/aromatic N) is 1. The highest BCUT2D eigenvalue weighted by Gasteiger charge is 2.29. The second-order valence-corrected chi connectivity index (χ2v) is 3.78. The molecule has 1 aliphatic heterocycles. The first-order valence-corrected chi connectivity index (χ1v) is 5.44. The maximum absolute atomic E-state index is 11.6. The van der Waals surface area contributed by atoms with Crippen LogP contribution in [0.4, 0.5) is 4.79 Å². The van der Waals surface area contributed by atoms with Crippen molar-refractivity contribution in [2.75, 3.05) is 20.2 Å². The third-order valence-corrected chi connectivity index (χ3v) is 2.88. The van der Waals surface area contributed by atoms with E-state index in [1.165, 1.54) is 0 Å². The molecule has 0 saturated carbocycles. The Hall–Kier alpha value is -1.71. The van der Waals surface area contributed by atoms with Gasteiger partial charge in [0.2, 0.25) is 0 Å². The quantitative estimate of drug-likeness (QED) is 0.843. The van der Waals surface area contributed by atoms with Crippen molar-refractivity contribution >= 4 is 6.03 Å². The van der Waals surface area contributed by atoms with Crippen molar-refractivity contribution in [1.82, 2.24) is 10.2 Å². The number of carbonyl (C=O) groups excluding carboxylic acids is 1. The van der Waals surface area contributed by atoms with Crippen LogP contribution in [0.15, 0.2) is 24.3 Å². The summed E-state index contributed by atoms with van der Waals surface area (Å²) in [5, 5.41) is 2.95. The first kappa shape index (κ1) is 10.8. The van der Waals surface area contributed by atoms with Gasteiger partial charge in [0.15, 0.2) is 0 Å². The van der Waals surface area contributed by atoms with E-state index in [1.807, 2.05) is 31.2 Å². The molecular formula is C12H16N2O2. The average Bonchev–Trinajstić information content (AvgIpc) is 2.70. The van der Waals surface area contributed by atoms with E-state index in [4.69, 9.17) is 4.74 Å². The molecule has 86 valence electrons. The number of nitrogens with one attached hydrogen (secondary N) is 1. The lowest BCUT2D eigenvalue weighted by molar-refractivity contribution is 0.219. The second kappa shape index (κ2) is 4.43. The Kier molecular flexibility index (Phi) is 2.99. The van der Waals surface area contributed by atoms with E-state index in [2.05, 4.69) is 5.32 Å². The molecule has 0 aromatic heterocycles. The number of amides is 2. The minimum absolute atomic E-state index is 0.00148. The van der Waals surface area contributed by atoms with Gasteiger partial charge in [-0.2, -0.15) is 0 Å². The fraction of sp³-hybridized carbons (Fsp3) is 0.417. The third kappa shape index (κ3) is 1.83. The highest BCUT2D eigenvalue weighted by atomic mass is 16.5. The summed E-state index contributed by atoms with van der Waals surface area (Å²) in [5.74, 6) is 0.825. The van der Waals surface area contributed by atoms with E-state index < -0.39 is 0 Å². The maximum atomic E-state index is 11.6. The summed E-state index contributed by atoms with van der Waals surface area (Å²) < 4.78 is 5.29. The number of hydrogen-bond acceptors (Lipinski definition) is 2. The van der Waals surface area contributed by atoms with E-state index in [1.54, 1.807) is 12.0 Å². The summed E-state index contributed by atoms with van der Waals surface area (Å²) in [4.78, 5) is 13.4. The van der Waals surface area contributed by atoms with Gasteiger partial charge in [-0.05, 0) is 13.0 Å². The number of rotatable bonds is 3. The van der Waals surface area contributed by atoms with Gasteiger partial charge in [0.1, 0.15) is 5.75 Å². The molecule has 1 aliphatic rings. The molecule has 1 heterocycles. The molecule has 4 heteroatoms. The standard InChI is InChI=1S/C12H16N2O2/c1-3-14-8-10(13-12(14)15)9-6-4-5-7-11(9)16-2/h4-7,10H,3,8H2,1-2H3,(H,13,15). The van der Waals surface area contributed by atoms with Crippen LogP contribution in [0, 0.1) is 0 Å². The van der Waals surface area contributed by atoms with Gasteiger partial charge in [0.05, 0.1) is 13.2 Å². The van der Waals surface area contributed by atoms with Crippen LogP contribution in [-0.2, 0) is 0 Å². The monoisotopic (exact) mass is 220 g/mol. The van der Waals surface area contributed by atoms with Crippen LogP contribution in [0.3, 0.4) is 0 Å². The van der Waals surface area contributed by atoms with E-state index in [0.717, 1.165) is 17.9 Å². The molecular weight excluding hydrogens is 204 g/mol. The molecule has 4 nitrogen and oxygen atoms in total. The number of benzene rings is 1. The molecule has 1 aromatic carbocycles. The molecule has 1 aromatic rings. The molecule has 2 amide bonds. The number of methoxy groups -OCH3 is 1.